The number of hydrogen-bond acceptors (Lipinski definition) is 6. The summed E-state index contributed by atoms with van der Waals surface area (Å²) in [6, 6.07) is 2.06. The van der Waals surface area contributed by atoms with Crippen LogP contribution in [-0.4, -0.2) is 33.6 Å². The van der Waals surface area contributed by atoms with E-state index in [1.807, 2.05) is 0 Å². The smallest absolute Gasteiger partial charge is 0.328 e. The van der Waals surface area contributed by atoms with Crippen molar-refractivity contribution in [3.05, 3.63) is 39.4 Å². The number of ether oxygens (including phenoxy) is 1. The van der Waals surface area contributed by atoms with Crippen LogP contribution >= 0.6 is 0 Å². The van der Waals surface area contributed by atoms with Gasteiger partial charge in [0.25, 0.3) is 5.69 Å². The van der Waals surface area contributed by atoms with Crippen LogP contribution in [0.2, 0.25) is 0 Å². The number of fused-ring (bicyclic) bond motifs is 1. The minimum atomic E-state index is -1.09. The average Bonchev–Trinajstić information content (AvgIpc) is 2.43. The predicted molar refractivity (Wildman–Crippen MR) is 79.9 cm³/mol. The molecular formula is C15H18N2O6. The molecule has 124 valence electrons. The number of nitrogens with one attached hydrogen (secondary N) is 1. The van der Waals surface area contributed by atoms with Gasteiger partial charge < -0.3 is 9.84 Å². The molecule has 8 nitrogen and oxygen atoms in total. The summed E-state index contributed by atoms with van der Waals surface area (Å²) >= 11 is 0. The second-order valence-electron chi connectivity index (χ2n) is 6.37. The molecule has 0 saturated heterocycles. The third-order valence-electron chi connectivity index (χ3n) is 3.38. The first-order chi connectivity index (χ1) is 10.6. The monoisotopic (exact) mass is 322 g/mol. The average molecular weight is 322 g/mol. The van der Waals surface area contributed by atoms with Crippen molar-refractivity contribution in [1.82, 2.24) is 5.32 Å². The maximum absolute atomic E-state index is 12.4. The lowest BCUT2D eigenvalue weighted by atomic mass is 9.89. The summed E-state index contributed by atoms with van der Waals surface area (Å²) in [5.74, 6) is -1.76. The Hall–Kier alpha value is -2.48. The van der Waals surface area contributed by atoms with Crippen LogP contribution in [0.4, 0.5) is 5.69 Å². The van der Waals surface area contributed by atoms with Crippen LogP contribution in [0.25, 0.3) is 0 Å². The van der Waals surface area contributed by atoms with E-state index in [1.54, 1.807) is 20.8 Å². The molecule has 23 heavy (non-hydrogen) atoms. The van der Waals surface area contributed by atoms with E-state index in [1.165, 1.54) is 18.2 Å². The molecule has 0 amide bonds. The van der Waals surface area contributed by atoms with Gasteiger partial charge in [-0.25, -0.2) is 4.79 Å². The fraction of sp³-hybridized carbons (Fsp3) is 0.467. The number of carbonyl (C=O) groups excluding carboxylic acids is 1. The van der Waals surface area contributed by atoms with Crippen molar-refractivity contribution in [2.75, 3.05) is 0 Å². The predicted octanol–water partition coefficient (Wildman–Crippen LogP) is 1.58. The molecule has 0 aliphatic carbocycles. The first kappa shape index (κ1) is 16.9. The van der Waals surface area contributed by atoms with Gasteiger partial charge in [-0.15, -0.1) is 0 Å². The second-order valence-corrected chi connectivity index (χ2v) is 6.37. The molecule has 0 spiro atoms. The molecule has 2 unspecified atom stereocenters. The first-order valence-electron chi connectivity index (χ1n) is 7.07. The van der Waals surface area contributed by atoms with Gasteiger partial charge in [0.1, 0.15) is 17.7 Å². The summed E-state index contributed by atoms with van der Waals surface area (Å²) < 4.78 is 5.30. The van der Waals surface area contributed by atoms with Crippen molar-refractivity contribution in [1.29, 1.82) is 0 Å². The molecule has 1 aromatic rings. The van der Waals surface area contributed by atoms with Gasteiger partial charge in [0, 0.05) is 12.1 Å². The number of aliphatic carboxylic acids is 1. The molecule has 1 aromatic carbocycles. The number of carboxylic acid groups (broad SMARTS) is 1. The number of nitro benzene ring substituents is 1. The summed E-state index contributed by atoms with van der Waals surface area (Å²) in [5, 5.41) is 22.9. The lowest BCUT2D eigenvalue weighted by Crippen LogP contribution is -2.48. The number of nitrogens with zero attached hydrogens (tertiary/aromatic N) is 1. The van der Waals surface area contributed by atoms with Gasteiger partial charge in [0.05, 0.1) is 4.92 Å². The summed E-state index contributed by atoms with van der Waals surface area (Å²) in [4.78, 5) is 34.0. The molecule has 0 radical (unpaired) electrons. The Morgan fingerprint density at radius 3 is 2.57 bits per heavy atom. The number of rotatable bonds is 3. The van der Waals surface area contributed by atoms with Gasteiger partial charge in [-0.3, -0.25) is 20.2 Å². The van der Waals surface area contributed by atoms with Crippen molar-refractivity contribution in [2.24, 2.45) is 0 Å². The van der Waals surface area contributed by atoms with Crippen LogP contribution in [0, 0.1) is 10.1 Å². The van der Waals surface area contributed by atoms with Crippen LogP contribution < -0.4 is 5.32 Å². The number of esters is 1. The zero-order valence-electron chi connectivity index (χ0n) is 13.0. The van der Waals surface area contributed by atoms with Crippen LogP contribution in [0.1, 0.15) is 37.9 Å². The number of non-ortho nitro benzene ring substituents is 1. The van der Waals surface area contributed by atoms with Gasteiger partial charge >= 0.3 is 11.9 Å². The van der Waals surface area contributed by atoms with Crippen molar-refractivity contribution >= 4 is 17.6 Å². The number of hydrogen-bond donors (Lipinski definition) is 2. The SMILES string of the molecule is CC(C)(C)OC(=O)C1NC(C(=O)O)Cc2ccc([N+](=O)[O-])cc21. The maximum Gasteiger partial charge on any atom is 0.328 e. The lowest BCUT2D eigenvalue weighted by molar-refractivity contribution is -0.385. The molecule has 0 saturated carbocycles. The maximum atomic E-state index is 12.4. The molecule has 1 heterocycles. The van der Waals surface area contributed by atoms with Gasteiger partial charge in [-0.1, -0.05) is 6.07 Å². The number of nitro groups is 1. The second kappa shape index (κ2) is 5.96. The fourth-order valence-corrected chi connectivity index (χ4v) is 2.43. The molecule has 2 atom stereocenters. The summed E-state index contributed by atoms with van der Waals surface area (Å²) in [5.41, 5.74) is 0.0481. The molecular weight excluding hydrogens is 304 g/mol. The molecule has 1 aliphatic heterocycles. The Kier molecular flexibility index (Phi) is 4.37. The summed E-state index contributed by atoms with van der Waals surface area (Å²) in [6.07, 6.45) is 0.141. The van der Waals surface area contributed by atoms with E-state index in [2.05, 4.69) is 5.32 Å². The zero-order chi connectivity index (χ0) is 17.4. The van der Waals surface area contributed by atoms with E-state index in [0.717, 1.165) is 0 Å². The molecule has 2 N–H and O–H groups in total. The summed E-state index contributed by atoms with van der Waals surface area (Å²) in [6.45, 7) is 5.07. The minimum Gasteiger partial charge on any atom is -0.480 e. The van der Waals surface area contributed by atoms with Gasteiger partial charge in [0.15, 0.2) is 0 Å². The molecule has 0 bridgehead atoms. The lowest BCUT2D eigenvalue weighted by Gasteiger charge is -2.31. The van der Waals surface area contributed by atoms with Gasteiger partial charge in [-0.05, 0) is 38.3 Å². The number of carbonyl (C=O) groups is 2. The highest BCUT2D eigenvalue weighted by molar-refractivity contribution is 5.82. The normalized spacial score (nSPS) is 20.5. The topological polar surface area (TPSA) is 119 Å². The van der Waals surface area contributed by atoms with Gasteiger partial charge in [-0.2, -0.15) is 0 Å². The minimum absolute atomic E-state index is 0.141. The third kappa shape index (κ3) is 3.84. The Bertz CT molecular complexity index is 664. The van der Waals surface area contributed by atoms with E-state index >= 15 is 0 Å². The Morgan fingerprint density at radius 2 is 2.04 bits per heavy atom. The van der Waals surface area contributed by atoms with E-state index in [-0.39, 0.29) is 12.1 Å². The van der Waals surface area contributed by atoms with E-state index in [9.17, 15) is 24.8 Å². The Morgan fingerprint density at radius 1 is 1.39 bits per heavy atom. The van der Waals surface area contributed by atoms with E-state index < -0.39 is 34.5 Å². The summed E-state index contributed by atoms with van der Waals surface area (Å²) in [7, 11) is 0. The molecule has 8 heteroatoms. The largest absolute Gasteiger partial charge is 0.480 e. The molecule has 1 aliphatic rings. The van der Waals surface area contributed by atoms with Crippen LogP contribution in [0.15, 0.2) is 18.2 Å². The third-order valence-corrected chi connectivity index (χ3v) is 3.38. The van der Waals surface area contributed by atoms with Gasteiger partial charge in [0.2, 0.25) is 0 Å². The van der Waals surface area contributed by atoms with E-state index in [0.29, 0.717) is 11.1 Å². The molecule has 2 rings (SSSR count). The first-order valence-corrected chi connectivity index (χ1v) is 7.07. The van der Waals surface area contributed by atoms with Crippen LogP contribution in [0.5, 0.6) is 0 Å². The fourth-order valence-electron chi connectivity index (χ4n) is 2.43. The Balaban J connectivity index is 2.44. The van der Waals surface area contributed by atoms with Crippen molar-refractivity contribution in [2.45, 2.75) is 44.9 Å². The standard InChI is InChI=1S/C15H18N2O6/c1-15(2,3)23-14(20)12-10-7-9(17(21)22)5-4-8(10)6-11(16-12)13(18)19/h4-5,7,11-12,16H,6H2,1-3H3,(H,18,19). The highest BCUT2D eigenvalue weighted by Crippen LogP contribution is 2.31. The van der Waals surface area contributed by atoms with E-state index in [4.69, 9.17) is 4.74 Å². The van der Waals surface area contributed by atoms with Crippen molar-refractivity contribution in [3.8, 4) is 0 Å². The highest BCUT2D eigenvalue weighted by Gasteiger charge is 2.37. The quantitative estimate of drug-likeness (QED) is 0.492. The van der Waals surface area contributed by atoms with Crippen LogP contribution in [-0.2, 0) is 20.7 Å². The van der Waals surface area contributed by atoms with Crippen molar-refractivity contribution < 1.29 is 24.4 Å². The number of carboxylic acids is 1. The zero-order valence-corrected chi connectivity index (χ0v) is 13.0. The van der Waals surface area contributed by atoms with Crippen molar-refractivity contribution in [3.63, 3.8) is 0 Å². The van der Waals surface area contributed by atoms with Crippen LogP contribution in [0.3, 0.4) is 0 Å². The Labute approximate surface area is 132 Å². The number of benzene rings is 1. The highest BCUT2D eigenvalue weighted by atomic mass is 16.6. The molecule has 0 fully saturated rings. The molecule has 0 aromatic heterocycles.